The quantitative estimate of drug-likeness (QED) is 0.421. The van der Waals surface area contributed by atoms with E-state index in [2.05, 4.69) is 68.8 Å². The number of aromatic nitrogens is 2. The first-order chi connectivity index (χ1) is 10.1. The largest absolute Gasteiger partial charge is 0.331 e. The third-order valence-electron chi connectivity index (χ3n) is 4.47. The summed E-state index contributed by atoms with van der Waals surface area (Å²) in [4.78, 5) is 4.81. The summed E-state index contributed by atoms with van der Waals surface area (Å²) in [5.74, 6) is 1.06. The summed E-state index contributed by atoms with van der Waals surface area (Å²) in [7, 11) is 2.10. The average molecular weight is 274 g/mol. The highest BCUT2D eigenvalue weighted by Crippen LogP contribution is 2.35. The monoisotopic (exact) mass is 274 g/mol. The van der Waals surface area contributed by atoms with Gasteiger partial charge in [-0.15, -0.1) is 0 Å². The van der Waals surface area contributed by atoms with Crippen molar-refractivity contribution in [2.75, 3.05) is 0 Å². The van der Waals surface area contributed by atoms with Gasteiger partial charge in [-0.25, -0.2) is 4.98 Å². The van der Waals surface area contributed by atoms with Crippen LogP contribution in [0.4, 0.5) is 0 Å². The first-order valence-electron chi connectivity index (χ1n) is 7.32. The lowest BCUT2D eigenvalue weighted by atomic mass is 9.97. The Morgan fingerprint density at radius 2 is 1.38 bits per heavy atom. The van der Waals surface area contributed by atoms with Crippen LogP contribution < -0.4 is 0 Å². The predicted molar refractivity (Wildman–Crippen MR) is 89.9 cm³/mol. The lowest BCUT2D eigenvalue weighted by Crippen LogP contribution is -1.92. The Morgan fingerprint density at radius 1 is 0.762 bits per heavy atom. The normalized spacial score (nSPS) is 11.8. The maximum Gasteiger partial charge on any atom is 0.106 e. The molecule has 0 bridgehead atoms. The molecule has 0 unspecified atom stereocenters. The van der Waals surface area contributed by atoms with Gasteiger partial charge in [-0.2, -0.15) is 0 Å². The summed E-state index contributed by atoms with van der Waals surface area (Å²) in [5, 5.41) is 5.16. The lowest BCUT2D eigenvalue weighted by molar-refractivity contribution is 0.888. The van der Waals surface area contributed by atoms with Gasteiger partial charge in [-0.1, -0.05) is 41.5 Å². The second kappa shape index (κ2) is 4.08. The molecule has 0 fully saturated rings. The fourth-order valence-corrected chi connectivity index (χ4v) is 3.28. The zero-order valence-corrected chi connectivity index (χ0v) is 12.9. The van der Waals surface area contributed by atoms with Crippen LogP contribution in [0, 0.1) is 20.8 Å². The van der Waals surface area contributed by atoms with E-state index in [1.165, 1.54) is 38.2 Å². The highest BCUT2D eigenvalue weighted by atomic mass is 15.1. The highest BCUT2D eigenvalue weighted by Gasteiger charge is 2.14. The fraction of sp³-hybridized carbons (Fsp3) is 0.211. The summed E-state index contributed by atoms with van der Waals surface area (Å²) in [6.45, 7) is 6.37. The molecule has 3 aromatic carbocycles. The molecule has 1 aromatic heterocycles. The summed E-state index contributed by atoms with van der Waals surface area (Å²) in [6, 6.07) is 13.4. The molecule has 2 heteroatoms. The van der Waals surface area contributed by atoms with E-state index >= 15 is 0 Å². The lowest BCUT2D eigenvalue weighted by Gasteiger charge is -2.09. The Bertz CT molecular complexity index is 1020. The van der Waals surface area contributed by atoms with Gasteiger partial charge in [0.1, 0.15) is 5.82 Å². The highest BCUT2D eigenvalue weighted by molar-refractivity contribution is 6.23. The standard InChI is InChI=1S/C19H18N2/c1-11-6-8-15-16(9-11)14-7-5-12(2)10-17(14)19-18(15)20-13(3)21(19)4/h5-10H,1-4H3. The van der Waals surface area contributed by atoms with Crippen molar-refractivity contribution in [1.82, 2.24) is 9.55 Å². The van der Waals surface area contributed by atoms with Gasteiger partial charge in [0.25, 0.3) is 0 Å². The average Bonchev–Trinajstić information content (AvgIpc) is 2.75. The smallest absolute Gasteiger partial charge is 0.106 e. The van der Waals surface area contributed by atoms with Crippen LogP contribution >= 0.6 is 0 Å². The van der Waals surface area contributed by atoms with Crippen molar-refractivity contribution in [2.24, 2.45) is 7.05 Å². The SMILES string of the molecule is Cc1ccc2c(c1)c1ccc(C)cc1c1c2nc(C)n1C. The number of hydrogen-bond donors (Lipinski definition) is 0. The van der Waals surface area contributed by atoms with Crippen molar-refractivity contribution in [3.63, 3.8) is 0 Å². The Hall–Kier alpha value is -2.35. The van der Waals surface area contributed by atoms with E-state index in [1.54, 1.807) is 0 Å². The predicted octanol–water partition coefficient (Wildman–Crippen LogP) is 4.80. The van der Waals surface area contributed by atoms with E-state index in [4.69, 9.17) is 4.98 Å². The number of fused-ring (bicyclic) bond motifs is 6. The summed E-state index contributed by atoms with van der Waals surface area (Å²) >= 11 is 0. The van der Waals surface area contributed by atoms with Gasteiger partial charge in [-0.05, 0) is 37.6 Å². The van der Waals surface area contributed by atoms with E-state index in [0.717, 1.165) is 11.3 Å². The van der Waals surface area contributed by atoms with E-state index in [-0.39, 0.29) is 0 Å². The molecule has 104 valence electrons. The van der Waals surface area contributed by atoms with Gasteiger partial charge in [-0.3, -0.25) is 0 Å². The van der Waals surface area contributed by atoms with Crippen molar-refractivity contribution >= 4 is 32.6 Å². The Kier molecular flexibility index (Phi) is 2.41. The van der Waals surface area contributed by atoms with Crippen LogP contribution in [0.3, 0.4) is 0 Å². The van der Waals surface area contributed by atoms with Gasteiger partial charge >= 0.3 is 0 Å². The molecule has 0 atom stereocenters. The molecule has 0 N–H and O–H groups in total. The van der Waals surface area contributed by atoms with Gasteiger partial charge in [0.2, 0.25) is 0 Å². The van der Waals surface area contributed by atoms with Crippen LogP contribution in [0.1, 0.15) is 17.0 Å². The molecular weight excluding hydrogens is 256 g/mol. The molecule has 4 aromatic rings. The molecule has 0 amide bonds. The Balaban J connectivity index is 2.42. The van der Waals surface area contributed by atoms with Gasteiger partial charge in [0.15, 0.2) is 0 Å². The van der Waals surface area contributed by atoms with E-state index in [0.29, 0.717) is 0 Å². The molecule has 4 rings (SSSR count). The molecule has 0 saturated heterocycles. The van der Waals surface area contributed by atoms with Crippen molar-refractivity contribution in [1.29, 1.82) is 0 Å². The van der Waals surface area contributed by atoms with E-state index in [9.17, 15) is 0 Å². The van der Waals surface area contributed by atoms with Crippen molar-refractivity contribution in [2.45, 2.75) is 20.8 Å². The van der Waals surface area contributed by atoms with E-state index in [1.807, 2.05) is 0 Å². The van der Waals surface area contributed by atoms with Gasteiger partial charge in [0.05, 0.1) is 11.0 Å². The Labute approximate surface area is 124 Å². The minimum Gasteiger partial charge on any atom is -0.331 e. The zero-order valence-electron chi connectivity index (χ0n) is 12.9. The molecule has 21 heavy (non-hydrogen) atoms. The third kappa shape index (κ3) is 1.62. The van der Waals surface area contributed by atoms with Crippen LogP contribution in [-0.4, -0.2) is 9.55 Å². The number of benzene rings is 3. The first-order valence-corrected chi connectivity index (χ1v) is 7.32. The number of hydrogen-bond acceptors (Lipinski definition) is 1. The summed E-state index contributed by atoms with van der Waals surface area (Å²) in [5.41, 5.74) is 4.93. The second-order valence-corrected chi connectivity index (χ2v) is 6.01. The number of imidazole rings is 1. The number of rotatable bonds is 0. The molecule has 2 nitrogen and oxygen atoms in total. The van der Waals surface area contributed by atoms with Gasteiger partial charge < -0.3 is 4.57 Å². The first kappa shape index (κ1) is 12.4. The van der Waals surface area contributed by atoms with Gasteiger partial charge in [0, 0.05) is 17.8 Å². The summed E-state index contributed by atoms with van der Waals surface area (Å²) in [6.07, 6.45) is 0. The minimum absolute atomic E-state index is 1.06. The molecule has 0 aliphatic rings. The molecule has 0 radical (unpaired) electrons. The molecule has 0 spiro atoms. The van der Waals surface area contributed by atoms with Crippen molar-refractivity contribution in [3.8, 4) is 0 Å². The maximum absolute atomic E-state index is 4.81. The topological polar surface area (TPSA) is 17.8 Å². The van der Waals surface area contributed by atoms with Crippen LogP contribution in [-0.2, 0) is 7.05 Å². The third-order valence-corrected chi connectivity index (χ3v) is 4.47. The molecule has 1 heterocycles. The zero-order chi connectivity index (χ0) is 14.7. The number of nitrogens with zero attached hydrogens (tertiary/aromatic N) is 2. The maximum atomic E-state index is 4.81. The number of aryl methyl sites for hydroxylation is 4. The fourth-order valence-electron chi connectivity index (χ4n) is 3.28. The van der Waals surface area contributed by atoms with Crippen molar-refractivity contribution in [3.05, 3.63) is 53.3 Å². The van der Waals surface area contributed by atoms with Crippen molar-refractivity contribution < 1.29 is 0 Å². The molecule has 0 saturated carbocycles. The summed E-state index contributed by atoms with van der Waals surface area (Å²) < 4.78 is 2.20. The Morgan fingerprint density at radius 3 is 2.10 bits per heavy atom. The minimum atomic E-state index is 1.06. The van der Waals surface area contributed by atoms with Crippen LogP contribution in [0.5, 0.6) is 0 Å². The molecule has 0 aliphatic heterocycles. The second-order valence-electron chi connectivity index (χ2n) is 6.01. The molecule has 0 aliphatic carbocycles. The van der Waals surface area contributed by atoms with Crippen LogP contribution in [0.25, 0.3) is 32.6 Å². The van der Waals surface area contributed by atoms with Crippen LogP contribution in [0.15, 0.2) is 36.4 Å². The molecular formula is C19H18N2. The van der Waals surface area contributed by atoms with Crippen LogP contribution in [0.2, 0.25) is 0 Å². The van der Waals surface area contributed by atoms with E-state index < -0.39 is 0 Å².